The summed E-state index contributed by atoms with van der Waals surface area (Å²) in [6.07, 6.45) is 0.887. The summed E-state index contributed by atoms with van der Waals surface area (Å²) >= 11 is 0. The molecule has 3 heteroatoms. The first kappa shape index (κ1) is 21.0. The number of rotatable bonds is 6. The molecule has 164 valence electrons. The molecule has 5 aromatic rings. The Morgan fingerprint density at radius 1 is 0.818 bits per heavy atom. The van der Waals surface area contributed by atoms with E-state index in [2.05, 4.69) is 97.3 Å². The molecule has 33 heavy (non-hydrogen) atoms. The third-order valence-electron chi connectivity index (χ3n) is 6.53. The van der Waals surface area contributed by atoms with Crippen LogP contribution in [0.25, 0.3) is 21.8 Å². The average molecular weight is 433 g/mol. The molecule has 0 aliphatic rings. The van der Waals surface area contributed by atoms with Crippen molar-refractivity contribution in [3.8, 4) is 0 Å². The molecule has 0 spiro atoms. The highest BCUT2D eigenvalue weighted by Gasteiger charge is 2.18. The summed E-state index contributed by atoms with van der Waals surface area (Å²) in [7, 11) is 0. The van der Waals surface area contributed by atoms with Crippen molar-refractivity contribution in [2.75, 3.05) is 0 Å². The number of primary amides is 1. The fraction of sp³-hybridized carbons (Fsp3) is 0.167. The summed E-state index contributed by atoms with van der Waals surface area (Å²) in [6.45, 7) is 5.14. The second-order valence-corrected chi connectivity index (χ2v) is 9.01. The fourth-order valence-electron chi connectivity index (χ4n) is 4.77. The number of carbonyl (C=O) groups excluding carboxylic acids is 1. The maximum atomic E-state index is 12.3. The highest BCUT2D eigenvalue weighted by molar-refractivity contribution is 6.18. The van der Waals surface area contributed by atoms with Gasteiger partial charge in [-0.3, -0.25) is 4.79 Å². The third kappa shape index (κ3) is 3.91. The molecule has 1 heterocycles. The number of benzene rings is 4. The van der Waals surface area contributed by atoms with Gasteiger partial charge in [-0.05, 0) is 52.8 Å². The van der Waals surface area contributed by atoms with E-state index in [-0.39, 0.29) is 0 Å². The lowest BCUT2D eigenvalue weighted by atomic mass is 9.99. The number of fused-ring (bicyclic) bond motifs is 3. The van der Waals surface area contributed by atoms with Gasteiger partial charge >= 0.3 is 0 Å². The van der Waals surface area contributed by atoms with Gasteiger partial charge in [0.05, 0.1) is 5.52 Å². The van der Waals surface area contributed by atoms with Crippen molar-refractivity contribution in [1.82, 2.24) is 4.57 Å². The third-order valence-corrected chi connectivity index (χ3v) is 6.53. The molecule has 1 amide bonds. The minimum atomic E-state index is -0.392. The first-order valence-corrected chi connectivity index (χ1v) is 11.5. The molecule has 2 N–H and O–H groups in total. The monoisotopic (exact) mass is 432 g/mol. The Kier molecular flexibility index (Phi) is 5.47. The lowest BCUT2D eigenvalue weighted by Gasteiger charge is -2.14. The molecule has 0 atom stereocenters. The lowest BCUT2D eigenvalue weighted by Crippen LogP contribution is -2.11. The standard InChI is InChI=1S/C30H28N2O/c1-20(2)22-15-16-25-28(18-22)32(27-14-8-13-26(29(25)27)30(31)33)19-24-12-7-6-11-23(24)17-21-9-4-3-5-10-21/h3-16,18,20H,17,19H2,1-2H3,(H2,31,33). The largest absolute Gasteiger partial charge is 0.366 e. The molecule has 0 aliphatic heterocycles. The van der Waals surface area contributed by atoms with Gasteiger partial charge in [0, 0.05) is 28.4 Å². The van der Waals surface area contributed by atoms with E-state index in [0.717, 1.165) is 34.8 Å². The average Bonchev–Trinajstić information content (AvgIpc) is 3.14. The van der Waals surface area contributed by atoms with Crippen LogP contribution in [0.5, 0.6) is 0 Å². The molecular weight excluding hydrogens is 404 g/mol. The topological polar surface area (TPSA) is 48.0 Å². The Bertz CT molecular complexity index is 1460. The number of hydrogen-bond acceptors (Lipinski definition) is 1. The quantitative estimate of drug-likeness (QED) is 0.321. The Morgan fingerprint density at radius 3 is 2.27 bits per heavy atom. The van der Waals surface area contributed by atoms with E-state index in [1.165, 1.54) is 22.3 Å². The van der Waals surface area contributed by atoms with E-state index in [4.69, 9.17) is 5.73 Å². The maximum Gasteiger partial charge on any atom is 0.249 e. The molecule has 0 unspecified atom stereocenters. The second-order valence-electron chi connectivity index (χ2n) is 9.01. The SMILES string of the molecule is CC(C)c1ccc2c3c(C(N)=O)cccc3n(Cc3ccccc3Cc3ccccc3)c2c1. The van der Waals surface area contributed by atoms with Crippen LogP contribution in [-0.2, 0) is 13.0 Å². The van der Waals surface area contributed by atoms with Gasteiger partial charge in [-0.25, -0.2) is 0 Å². The minimum Gasteiger partial charge on any atom is -0.366 e. The molecule has 0 fully saturated rings. The van der Waals surface area contributed by atoms with Gasteiger partial charge in [0.2, 0.25) is 5.91 Å². The number of nitrogens with two attached hydrogens (primary N) is 1. The molecule has 0 bridgehead atoms. The van der Waals surface area contributed by atoms with E-state index in [1.807, 2.05) is 12.1 Å². The fourth-order valence-corrected chi connectivity index (χ4v) is 4.77. The van der Waals surface area contributed by atoms with Gasteiger partial charge in [0.15, 0.2) is 0 Å². The van der Waals surface area contributed by atoms with Crippen molar-refractivity contribution in [1.29, 1.82) is 0 Å². The molecule has 1 aromatic heterocycles. The smallest absolute Gasteiger partial charge is 0.249 e. The molecular formula is C30H28N2O. The Hall–Kier alpha value is -3.85. The predicted molar refractivity (Wildman–Crippen MR) is 137 cm³/mol. The molecule has 0 saturated heterocycles. The number of hydrogen-bond donors (Lipinski definition) is 1. The zero-order valence-corrected chi connectivity index (χ0v) is 19.1. The number of amides is 1. The zero-order chi connectivity index (χ0) is 22.9. The van der Waals surface area contributed by atoms with Gasteiger partial charge in [-0.15, -0.1) is 0 Å². The van der Waals surface area contributed by atoms with Crippen LogP contribution in [0.4, 0.5) is 0 Å². The van der Waals surface area contributed by atoms with Crippen LogP contribution >= 0.6 is 0 Å². The lowest BCUT2D eigenvalue weighted by molar-refractivity contribution is 0.100. The van der Waals surface area contributed by atoms with Crippen LogP contribution in [0.3, 0.4) is 0 Å². The molecule has 5 rings (SSSR count). The number of nitrogens with zero attached hydrogens (tertiary/aromatic N) is 1. The zero-order valence-electron chi connectivity index (χ0n) is 19.1. The summed E-state index contributed by atoms with van der Waals surface area (Å²) in [5, 5.41) is 2.01. The molecule has 4 aromatic carbocycles. The van der Waals surface area contributed by atoms with Crippen LogP contribution in [0.2, 0.25) is 0 Å². The van der Waals surface area contributed by atoms with Gasteiger partial charge in [0.25, 0.3) is 0 Å². The van der Waals surface area contributed by atoms with Gasteiger partial charge in [-0.1, -0.05) is 86.6 Å². The number of aromatic nitrogens is 1. The van der Waals surface area contributed by atoms with E-state index < -0.39 is 5.91 Å². The molecule has 0 saturated carbocycles. The van der Waals surface area contributed by atoms with Crippen molar-refractivity contribution in [3.05, 3.63) is 119 Å². The summed E-state index contributed by atoms with van der Waals surface area (Å²) in [6, 6.07) is 31.6. The molecule has 0 aliphatic carbocycles. The Labute approximate surface area is 194 Å². The summed E-state index contributed by atoms with van der Waals surface area (Å²) < 4.78 is 2.34. The van der Waals surface area contributed by atoms with E-state index in [0.29, 0.717) is 11.5 Å². The van der Waals surface area contributed by atoms with E-state index >= 15 is 0 Å². The van der Waals surface area contributed by atoms with Crippen LogP contribution in [-0.4, -0.2) is 10.5 Å². The summed E-state index contributed by atoms with van der Waals surface area (Å²) in [4.78, 5) is 12.3. The van der Waals surface area contributed by atoms with Crippen LogP contribution in [0.1, 0.15) is 52.4 Å². The Morgan fingerprint density at radius 2 is 1.55 bits per heavy atom. The Balaban J connectivity index is 1.71. The second kappa shape index (κ2) is 8.59. The van der Waals surface area contributed by atoms with Gasteiger partial charge in [-0.2, -0.15) is 0 Å². The van der Waals surface area contributed by atoms with E-state index in [1.54, 1.807) is 0 Å². The summed E-state index contributed by atoms with van der Waals surface area (Å²) in [5.41, 5.74) is 13.7. The first-order valence-electron chi connectivity index (χ1n) is 11.5. The van der Waals surface area contributed by atoms with Crippen molar-refractivity contribution in [3.63, 3.8) is 0 Å². The van der Waals surface area contributed by atoms with Crippen molar-refractivity contribution in [2.24, 2.45) is 5.73 Å². The van der Waals surface area contributed by atoms with Crippen molar-refractivity contribution < 1.29 is 4.79 Å². The summed E-state index contributed by atoms with van der Waals surface area (Å²) in [5.74, 6) is 0.0268. The normalized spacial score (nSPS) is 11.5. The predicted octanol–water partition coefficient (Wildman–Crippen LogP) is 6.66. The van der Waals surface area contributed by atoms with Crippen LogP contribution < -0.4 is 5.73 Å². The van der Waals surface area contributed by atoms with Crippen molar-refractivity contribution in [2.45, 2.75) is 32.7 Å². The highest BCUT2D eigenvalue weighted by atomic mass is 16.1. The van der Waals surface area contributed by atoms with Crippen LogP contribution in [0.15, 0.2) is 91.0 Å². The number of carbonyl (C=O) groups is 1. The highest BCUT2D eigenvalue weighted by Crippen LogP contribution is 2.34. The molecule has 0 radical (unpaired) electrons. The van der Waals surface area contributed by atoms with Crippen LogP contribution in [0, 0.1) is 0 Å². The molecule has 3 nitrogen and oxygen atoms in total. The first-order chi connectivity index (χ1) is 16.0. The van der Waals surface area contributed by atoms with E-state index in [9.17, 15) is 4.79 Å². The minimum absolute atomic E-state index is 0.392. The van der Waals surface area contributed by atoms with Gasteiger partial charge < -0.3 is 10.3 Å². The van der Waals surface area contributed by atoms with Gasteiger partial charge in [0.1, 0.15) is 0 Å². The maximum absolute atomic E-state index is 12.3. The van der Waals surface area contributed by atoms with Crippen molar-refractivity contribution >= 4 is 27.7 Å².